The molecule has 0 aliphatic carbocycles. The van der Waals surface area contributed by atoms with Gasteiger partial charge in [0.15, 0.2) is 23.0 Å². The first-order chi connectivity index (χ1) is 29.7. The molecule has 4 bridgehead atoms. The highest BCUT2D eigenvalue weighted by Crippen LogP contribution is 2.64. The third kappa shape index (κ3) is 7.31. The molecule has 5 heterocycles. The van der Waals surface area contributed by atoms with Crippen molar-refractivity contribution in [3.8, 4) is 34.8 Å². The molecule has 14 nitrogen and oxygen atoms in total. The van der Waals surface area contributed by atoms with Crippen molar-refractivity contribution in [3.63, 3.8) is 0 Å². The Morgan fingerprint density at radius 2 is 1.79 bits per heavy atom. The molecule has 5 aliphatic heterocycles. The molecule has 0 aromatic heterocycles. The van der Waals surface area contributed by atoms with Gasteiger partial charge >= 0.3 is 30.0 Å². The van der Waals surface area contributed by atoms with Crippen molar-refractivity contribution in [1.29, 1.82) is 5.26 Å². The zero-order valence-corrected chi connectivity index (χ0v) is 34.8. The van der Waals surface area contributed by atoms with Gasteiger partial charge in [-0.15, -0.1) is 18.3 Å². The van der Waals surface area contributed by atoms with Crippen LogP contribution in [0.25, 0.3) is 6.08 Å². The second kappa shape index (κ2) is 16.7. The first-order valence-electron chi connectivity index (χ1n) is 19.7. The van der Waals surface area contributed by atoms with Gasteiger partial charge in [-0.25, -0.2) is 9.59 Å². The summed E-state index contributed by atoms with van der Waals surface area (Å²) >= 11 is 1.01. The lowest BCUT2D eigenvalue weighted by molar-refractivity contribution is -0.176. The zero-order valence-electron chi connectivity index (χ0n) is 33.9. The Bertz CT molecular complexity index is 2440. The summed E-state index contributed by atoms with van der Waals surface area (Å²) in [5.74, 6) is -4.24. The molecule has 62 heavy (non-hydrogen) atoms. The summed E-state index contributed by atoms with van der Waals surface area (Å²) in [5, 5.41) is 12.1. The van der Waals surface area contributed by atoms with E-state index in [0.717, 1.165) is 22.9 Å². The first kappa shape index (κ1) is 42.7. The molecule has 5 aliphatic rings. The number of alkyl halides is 3. The molecule has 3 aromatic carbocycles. The van der Waals surface area contributed by atoms with Crippen molar-refractivity contribution in [1.82, 2.24) is 15.1 Å². The Morgan fingerprint density at radius 1 is 1.05 bits per heavy atom. The Kier molecular flexibility index (Phi) is 11.5. The predicted octanol–water partition coefficient (Wildman–Crippen LogP) is 5.75. The summed E-state index contributed by atoms with van der Waals surface area (Å²) in [4.78, 5) is 56.8. The van der Waals surface area contributed by atoms with Crippen molar-refractivity contribution in [2.24, 2.45) is 0 Å². The topological polar surface area (TPSA) is 166 Å². The van der Waals surface area contributed by atoms with E-state index < -0.39 is 83.9 Å². The number of halogens is 3. The summed E-state index contributed by atoms with van der Waals surface area (Å²) in [6, 6.07) is 7.69. The molecule has 0 spiro atoms. The minimum absolute atomic E-state index is 0.0998. The van der Waals surface area contributed by atoms with Crippen LogP contribution in [0.3, 0.4) is 0 Å². The molecule has 1 amide bonds. The van der Waals surface area contributed by atoms with Crippen LogP contribution in [0.5, 0.6) is 28.7 Å². The average Bonchev–Trinajstić information content (AvgIpc) is 3.73. The SMILES string of the molecule is C=CCN1C2c3c(cc(C)c(OC)c3OC(=O)/C=C/c3ccccc3)CC1[C@H](C#N)N1[C@H]2[C@@H]2SCC(NC(=O)C(F)(F)F)C(=O)OC[C@H]1c1c3c(c(C)c(OC(C)=O)c12)OCO3. The summed E-state index contributed by atoms with van der Waals surface area (Å²) in [6.07, 6.45) is -0.414. The number of fused-ring (bicyclic) bond motifs is 9. The minimum atomic E-state index is -5.31. The molecule has 324 valence electrons. The Labute approximate surface area is 358 Å². The number of amides is 1. The van der Waals surface area contributed by atoms with E-state index in [1.807, 2.05) is 48.2 Å². The van der Waals surface area contributed by atoms with Crippen LogP contribution >= 0.6 is 11.8 Å². The number of nitrogens with zero attached hydrogens (tertiary/aromatic N) is 3. The fourth-order valence-corrected chi connectivity index (χ4v) is 11.0. The van der Waals surface area contributed by atoms with Gasteiger partial charge in [-0.2, -0.15) is 18.4 Å². The molecule has 2 fully saturated rings. The smallest absolute Gasteiger partial charge is 0.471 e. The van der Waals surface area contributed by atoms with Gasteiger partial charge in [-0.05, 0) is 43.0 Å². The normalized spacial score (nSPS) is 25.1. The number of thioether (sulfide) groups is 1. The Hall–Kier alpha value is -6.03. The fraction of sp³-hybridized carbons (Fsp3) is 0.386. The van der Waals surface area contributed by atoms with E-state index >= 15 is 0 Å². The number of hydrogen-bond acceptors (Lipinski definition) is 14. The maximum atomic E-state index is 13.8. The minimum Gasteiger partial charge on any atom is -0.493 e. The number of hydrogen-bond donors (Lipinski definition) is 1. The van der Waals surface area contributed by atoms with Crippen LogP contribution in [0.2, 0.25) is 0 Å². The van der Waals surface area contributed by atoms with E-state index in [4.69, 9.17) is 28.4 Å². The maximum absolute atomic E-state index is 13.8. The van der Waals surface area contributed by atoms with Crippen LogP contribution in [-0.4, -0.2) is 96.8 Å². The van der Waals surface area contributed by atoms with E-state index in [1.54, 1.807) is 24.4 Å². The summed E-state index contributed by atoms with van der Waals surface area (Å²) in [7, 11) is 1.45. The van der Waals surface area contributed by atoms with E-state index in [9.17, 15) is 37.6 Å². The second-order valence-corrected chi connectivity index (χ2v) is 16.5. The molecule has 1 N–H and O–H groups in total. The van der Waals surface area contributed by atoms with E-state index in [-0.39, 0.29) is 42.1 Å². The highest BCUT2D eigenvalue weighted by Gasteiger charge is 2.61. The van der Waals surface area contributed by atoms with Crippen molar-refractivity contribution in [2.75, 3.05) is 32.8 Å². The van der Waals surface area contributed by atoms with Crippen LogP contribution in [0, 0.1) is 25.2 Å². The molecule has 2 saturated heterocycles. The van der Waals surface area contributed by atoms with Gasteiger partial charge in [0.25, 0.3) is 0 Å². The maximum Gasteiger partial charge on any atom is 0.471 e. The van der Waals surface area contributed by atoms with Crippen molar-refractivity contribution in [3.05, 3.63) is 94.1 Å². The number of nitriles is 1. The number of aryl methyl sites for hydroxylation is 1. The highest BCUT2D eigenvalue weighted by atomic mass is 32.2. The number of rotatable bonds is 8. The largest absolute Gasteiger partial charge is 0.493 e. The van der Waals surface area contributed by atoms with Gasteiger partial charge in [0.05, 0.1) is 30.5 Å². The highest BCUT2D eigenvalue weighted by molar-refractivity contribution is 7.99. The van der Waals surface area contributed by atoms with Gasteiger partial charge < -0.3 is 33.7 Å². The number of piperazine rings is 1. The Balaban J connectivity index is 1.39. The van der Waals surface area contributed by atoms with Crippen LogP contribution in [0.15, 0.2) is 55.1 Å². The number of cyclic esters (lactones) is 1. The molecular formula is C44H41F3N4O10S. The van der Waals surface area contributed by atoms with Crippen molar-refractivity contribution >= 4 is 41.7 Å². The molecular weight excluding hydrogens is 834 g/mol. The number of benzene rings is 3. The first-order valence-corrected chi connectivity index (χ1v) is 20.7. The quantitative estimate of drug-likeness (QED) is 0.126. The lowest BCUT2D eigenvalue weighted by Crippen LogP contribution is -2.70. The van der Waals surface area contributed by atoms with Gasteiger partial charge in [0.1, 0.15) is 24.4 Å². The van der Waals surface area contributed by atoms with Gasteiger partial charge in [-0.1, -0.05) is 42.5 Å². The van der Waals surface area contributed by atoms with E-state index in [0.29, 0.717) is 34.2 Å². The van der Waals surface area contributed by atoms with Gasteiger partial charge in [0.2, 0.25) is 6.79 Å². The molecule has 8 rings (SSSR count). The summed E-state index contributed by atoms with van der Waals surface area (Å²) in [5.41, 5.74) is 3.94. The number of carbonyl (C=O) groups excluding carboxylic acids is 4. The number of esters is 3. The fourth-order valence-electron chi connectivity index (χ4n) is 9.50. The number of nitrogens with one attached hydrogen (secondary N) is 1. The molecule has 3 aromatic rings. The summed E-state index contributed by atoms with van der Waals surface area (Å²) < 4.78 is 77.0. The molecule has 3 unspecified atom stereocenters. The lowest BCUT2D eigenvalue weighted by Gasteiger charge is -2.62. The van der Waals surface area contributed by atoms with Crippen LogP contribution in [0.4, 0.5) is 13.2 Å². The molecule has 7 atom stereocenters. The van der Waals surface area contributed by atoms with Gasteiger partial charge in [-0.3, -0.25) is 19.4 Å². The predicted molar refractivity (Wildman–Crippen MR) is 217 cm³/mol. The van der Waals surface area contributed by atoms with E-state index in [2.05, 4.69) is 17.5 Å². The van der Waals surface area contributed by atoms with Crippen LogP contribution in [0.1, 0.15) is 63.2 Å². The molecule has 0 saturated carbocycles. The third-order valence-electron chi connectivity index (χ3n) is 11.8. The molecule has 18 heteroatoms. The number of ether oxygens (including phenoxy) is 6. The lowest BCUT2D eigenvalue weighted by atomic mass is 9.71. The third-order valence-corrected chi connectivity index (χ3v) is 13.2. The average molecular weight is 875 g/mol. The molecule has 0 radical (unpaired) electrons. The van der Waals surface area contributed by atoms with Crippen LogP contribution in [-0.2, 0) is 30.3 Å². The van der Waals surface area contributed by atoms with Crippen LogP contribution < -0.4 is 29.0 Å². The van der Waals surface area contributed by atoms with Crippen molar-refractivity contribution < 1.29 is 60.8 Å². The Morgan fingerprint density at radius 3 is 2.47 bits per heavy atom. The van der Waals surface area contributed by atoms with Gasteiger partial charge in [0, 0.05) is 59.6 Å². The van der Waals surface area contributed by atoms with Crippen molar-refractivity contribution in [2.45, 2.75) is 74.9 Å². The standard InChI is InChI=1S/C44H41F3N4O10S/c1-6-14-50-27-16-25-15-21(2)36(56-5)40(61-30(53)13-12-24-10-8-7-9-11-24)31(25)34(50)35-41-33-32(39-38(58-20-59-39)22(3)37(33)60-23(4)52)29(51(35)28(27)17-48)18-57-42(54)26(19-62-41)49-43(55)44(45,46)47/h6-13,15,26-29,34-35,41H,1,14,16,18-20H2,2-5H3,(H,49,55)/b13-12+/t26?,27?,28-,29-,34?,35+,41+/m0/s1. The zero-order chi connectivity index (χ0) is 44.2. The second-order valence-electron chi connectivity index (χ2n) is 15.4. The number of methoxy groups -OCH3 is 1. The summed E-state index contributed by atoms with van der Waals surface area (Å²) in [6.45, 7) is 8.26. The monoisotopic (exact) mass is 874 g/mol. The number of carbonyl (C=O) groups is 4. The van der Waals surface area contributed by atoms with E-state index in [1.165, 1.54) is 20.1 Å².